The van der Waals surface area contributed by atoms with Gasteiger partial charge in [0, 0.05) is 12.2 Å². The zero-order valence-electron chi connectivity index (χ0n) is 14.7. The first-order valence-corrected chi connectivity index (χ1v) is 8.70. The van der Waals surface area contributed by atoms with Crippen LogP contribution in [-0.2, 0) is 4.79 Å². The molecule has 6 nitrogen and oxygen atoms in total. The second-order valence-electron chi connectivity index (χ2n) is 6.69. The molecule has 0 radical (unpaired) electrons. The first-order chi connectivity index (χ1) is 12.1. The third-order valence-electron chi connectivity index (χ3n) is 4.83. The van der Waals surface area contributed by atoms with Crippen LogP contribution in [0, 0.1) is 6.92 Å². The summed E-state index contributed by atoms with van der Waals surface area (Å²) in [6.45, 7) is 2.04. The Bertz CT molecular complexity index is 703. The van der Waals surface area contributed by atoms with Crippen LogP contribution in [0.5, 0.6) is 5.75 Å². The average molecular weight is 343 g/mol. The van der Waals surface area contributed by atoms with Gasteiger partial charge in [0.15, 0.2) is 6.10 Å². The molecule has 0 spiro atoms. The van der Waals surface area contributed by atoms with Crippen LogP contribution in [0.1, 0.15) is 49.0 Å². The Morgan fingerprint density at radius 1 is 1.28 bits per heavy atom. The maximum absolute atomic E-state index is 12.3. The lowest BCUT2D eigenvalue weighted by Crippen LogP contribution is -2.40. The number of aryl methyl sites for hydroxylation is 1. The lowest BCUT2D eigenvalue weighted by Gasteiger charge is -2.29. The molecule has 1 heterocycles. The van der Waals surface area contributed by atoms with Crippen LogP contribution in [0.15, 0.2) is 36.7 Å². The van der Waals surface area contributed by atoms with Gasteiger partial charge in [0.1, 0.15) is 5.75 Å². The van der Waals surface area contributed by atoms with E-state index < -0.39 is 6.10 Å². The Morgan fingerprint density at radius 3 is 2.52 bits per heavy atom. The van der Waals surface area contributed by atoms with Gasteiger partial charge < -0.3 is 15.2 Å². The number of benzene rings is 1. The van der Waals surface area contributed by atoms with E-state index in [4.69, 9.17) is 4.74 Å². The van der Waals surface area contributed by atoms with E-state index in [0.717, 1.165) is 31.2 Å². The first-order valence-electron chi connectivity index (χ1n) is 8.70. The van der Waals surface area contributed by atoms with Crippen LogP contribution < -0.4 is 10.1 Å². The number of hydrogen-bond donors (Lipinski definition) is 2. The average Bonchev–Trinajstić information content (AvgIpc) is 3.08. The number of nitrogens with zero attached hydrogens (tertiary/aromatic N) is 2. The standard InChI is InChI=1S/C19H25N3O3/c1-13-11-20-22(12-13)16-7-5-15(6-8-16)21-19(24)18(23)14-3-9-17(25-2)10-4-14/h3-4,9-12,15-16,18,23H,5-8H2,1-2H3,(H,21,24). The van der Waals surface area contributed by atoms with E-state index in [-0.39, 0.29) is 11.9 Å². The van der Waals surface area contributed by atoms with Crippen LogP contribution in [0.3, 0.4) is 0 Å². The smallest absolute Gasteiger partial charge is 0.253 e. The fourth-order valence-corrected chi connectivity index (χ4v) is 3.34. The monoisotopic (exact) mass is 343 g/mol. The molecule has 134 valence electrons. The predicted molar refractivity (Wildman–Crippen MR) is 94.4 cm³/mol. The summed E-state index contributed by atoms with van der Waals surface area (Å²) in [5, 5.41) is 17.6. The summed E-state index contributed by atoms with van der Waals surface area (Å²) in [6, 6.07) is 7.40. The summed E-state index contributed by atoms with van der Waals surface area (Å²) < 4.78 is 7.12. The maximum Gasteiger partial charge on any atom is 0.253 e. The number of carbonyl (C=O) groups is 1. The second kappa shape index (κ2) is 7.70. The summed E-state index contributed by atoms with van der Waals surface area (Å²) in [5.74, 6) is 0.354. The highest BCUT2D eigenvalue weighted by atomic mass is 16.5. The molecule has 1 atom stereocenters. The van der Waals surface area contributed by atoms with Gasteiger partial charge in [-0.1, -0.05) is 12.1 Å². The third-order valence-corrected chi connectivity index (χ3v) is 4.83. The zero-order valence-corrected chi connectivity index (χ0v) is 14.7. The van der Waals surface area contributed by atoms with E-state index in [1.54, 1.807) is 31.4 Å². The minimum Gasteiger partial charge on any atom is -0.497 e. The molecule has 1 amide bonds. The fraction of sp³-hybridized carbons (Fsp3) is 0.474. The molecule has 1 aliphatic carbocycles. The van der Waals surface area contributed by atoms with Crippen LogP contribution in [0.4, 0.5) is 0 Å². The second-order valence-corrected chi connectivity index (χ2v) is 6.69. The molecule has 1 aromatic carbocycles. The van der Waals surface area contributed by atoms with Crippen molar-refractivity contribution < 1.29 is 14.6 Å². The largest absolute Gasteiger partial charge is 0.497 e. The number of carbonyl (C=O) groups excluding carboxylic acids is 1. The highest BCUT2D eigenvalue weighted by molar-refractivity contribution is 5.82. The number of aromatic nitrogens is 2. The van der Waals surface area contributed by atoms with Gasteiger partial charge in [-0.2, -0.15) is 5.10 Å². The highest BCUT2D eigenvalue weighted by Crippen LogP contribution is 2.28. The molecular weight excluding hydrogens is 318 g/mol. The Kier molecular flexibility index (Phi) is 5.38. The van der Waals surface area contributed by atoms with E-state index in [2.05, 4.69) is 16.6 Å². The Morgan fingerprint density at radius 2 is 1.96 bits per heavy atom. The van der Waals surface area contributed by atoms with Crippen molar-refractivity contribution in [1.82, 2.24) is 15.1 Å². The molecule has 6 heteroatoms. The molecule has 1 aromatic heterocycles. The number of aliphatic hydroxyl groups is 1. The Hall–Kier alpha value is -2.34. The van der Waals surface area contributed by atoms with Crippen molar-refractivity contribution >= 4 is 5.91 Å². The van der Waals surface area contributed by atoms with E-state index >= 15 is 0 Å². The number of nitrogens with one attached hydrogen (secondary N) is 1. The number of ether oxygens (including phenoxy) is 1. The Labute approximate surface area is 147 Å². The lowest BCUT2D eigenvalue weighted by atomic mass is 9.91. The van der Waals surface area contributed by atoms with Gasteiger partial charge >= 0.3 is 0 Å². The van der Waals surface area contributed by atoms with Crippen LogP contribution in [0.25, 0.3) is 0 Å². The van der Waals surface area contributed by atoms with Gasteiger partial charge in [0.25, 0.3) is 5.91 Å². The van der Waals surface area contributed by atoms with Gasteiger partial charge in [-0.15, -0.1) is 0 Å². The molecule has 1 unspecified atom stereocenters. The molecule has 2 N–H and O–H groups in total. The number of methoxy groups -OCH3 is 1. The van der Waals surface area contributed by atoms with Crippen molar-refractivity contribution in [1.29, 1.82) is 0 Å². The first kappa shape index (κ1) is 17.5. The molecule has 0 saturated heterocycles. The Balaban J connectivity index is 1.51. The molecule has 1 saturated carbocycles. The summed E-state index contributed by atoms with van der Waals surface area (Å²) >= 11 is 0. The summed E-state index contributed by atoms with van der Waals surface area (Å²) in [5.41, 5.74) is 1.73. The van der Waals surface area contributed by atoms with Crippen molar-refractivity contribution in [2.24, 2.45) is 0 Å². The number of amides is 1. The quantitative estimate of drug-likeness (QED) is 0.875. The van der Waals surface area contributed by atoms with Crippen LogP contribution in [-0.4, -0.2) is 33.9 Å². The van der Waals surface area contributed by atoms with Crippen molar-refractivity contribution in [3.8, 4) is 5.75 Å². The highest BCUT2D eigenvalue weighted by Gasteiger charge is 2.26. The molecule has 2 aromatic rings. The summed E-state index contributed by atoms with van der Waals surface area (Å²) in [6.07, 6.45) is 6.53. The SMILES string of the molecule is COc1ccc(C(O)C(=O)NC2CCC(n3cc(C)cn3)CC2)cc1. The number of hydrogen-bond acceptors (Lipinski definition) is 4. The van der Waals surface area contributed by atoms with E-state index in [1.165, 1.54) is 0 Å². The summed E-state index contributed by atoms with van der Waals surface area (Å²) in [7, 11) is 1.58. The molecule has 3 rings (SSSR count). The van der Waals surface area contributed by atoms with Gasteiger partial charge in [0.05, 0.1) is 19.3 Å². The van der Waals surface area contributed by atoms with Gasteiger partial charge in [-0.05, 0) is 55.9 Å². The van der Waals surface area contributed by atoms with Gasteiger partial charge in [-0.3, -0.25) is 9.48 Å². The normalized spacial score (nSPS) is 21.6. The van der Waals surface area contributed by atoms with Crippen LogP contribution in [0.2, 0.25) is 0 Å². The van der Waals surface area contributed by atoms with E-state index in [0.29, 0.717) is 17.4 Å². The predicted octanol–water partition coefficient (Wildman–Crippen LogP) is 2.53. The third kappa shape index (κ3) is 4.20. The molecule has 0 bridgehead atoms. The molecule has 1 fully saturated rings. The minimum atomic E-state index is -1.16. The van der Waals surface area contributed by atoms with Crippen LogP contribution >= 0.6 is 0 Å². The molecule has 0 aliphatic heterocycles. The molecular formula is C19H25N3O3. The van der Waals surface area contributed by atoms with Crippen molar-refractivity contribution in [2.75, 3.05) is 7.11 Å². The maximum atomic E-state index is 12.3. The van der Waals surface area contributed by atoms with Gasteiger partial charge in [-0.25, -0.2) is 0 Å². The number of aliphatic hydroxyl groups excluding tert-OH is 1. The summed E-state index contributed by atoms with van der Waals surface area (Å²) in [4.78, 5) is 12.3. The lowest BCUT2D eigenvalue weighted by molar-refractivity contribution is -0.130. The fourth-order valence-electron chi connectivity index (χ4n) is 3.34. The molecule has 1 aliphatic rings. The molecule has 25 heavy (non-hydrogen) atoms. The van der Waals surface area contributed by atoms with Gasteiger partial charge in [0.2, 0.25) is 0 Å². The number of rotatable bonds is 5. The minimum absolute atomic E-state index is 0.105. The van der Waals surface area contributed by atoms with Crippen molar-refractivity contribution in [3.05, 3.63) is 47.8 Å². The zero-order chi connectivity index (χ0) is 17.8. The van der Waals surface area contributed by atoms with E-state index in [1.807, 2.05) is 17.8 Å². The van der Waals surface area contributed by atoms with Crippen molar-refractivity contribution in [3.63, 3.8) is 0 Å². The van der Waals surface area contributed by atoms with Crippen molar-refractivity contribution in [2.45, 2.75) is 50.8 Å². The van der Waals surface area contributed by atoms with E-state index in [9.17, 15) is 9.90 Å². The topological polar surface area (TPSA) is 76.4 Å².